The number of fused-ring (bicyclic) bond motifs is 1. The van der Waals surface area contributed by atoms with E-state index in [0.717, 1.165) is 22.2 Å². The summed E-state index contributed by atoms with van der Waals surface area (Å²) in [7, 11) is 0. The number of hydrogen-bond acceptors (Lipinski definition) is 3. The predicted molar refractivity (Wildman–Crippen MR) is 109 cm³/mol. The Labute approximate surface area is 166 Å². The van der Waals surface area contributed by atoms with Crippen molar-refractivity contribution in [1.29, 1.82) is 0 Å². The summed E-state index contributed by atoms with van der Waals surface area (Å²) in [5.41, 5.74) is 3.37. The lowest BCUT2D eigenvalue weighted by Gasteiger charge is -2.09. The molecule has 0 aliphatic heterocycles. The summed E-state index contributed by atoms with van der Waals surface area (Å²) in [6.07, 6.45) is 0. The molecule has 0 saturated carbocycles. The van der Waals surface area contributed by atoms with E-state index in [0.29, 0.717) is 23.2 Å². The predicted octanol–water partition coefficient (Wildman–Crippen LogP) is 5.02. The van der Waals surface area contributed by atoms with Crippen LogP contribution in [0, 0.1) is 0 Å². The van der Waals surface area contributed by atoms with Crippen LogP contribution in [0.1, 0.15) is 5.56 Å². The molecule has 0 aliphatic rings. The van der Waals surface area contributed by atoms with Crippen molar-refractivity contribution < 1.29 is 14.6 Å². The number of ether oxygens (including phenoxy) is 1. The molecule has 5 nitrogen and oxygen atoms in total. The number of carbonyl (C=O) groups is 1. The highest BCUT2D eigenvalue weighted by atomic mass is 35.5. The zero-order chi connectivity index (χ0) is 19.5. The van der Waals surface area contributed by atoms with E-state index in [1.54, 1.807) is 4.57 Å². The Morgan fingerprint density at radius 1 is 1.04 bits per heavy atom. The Kier molecular flexibility index (Phi) is 5.00. The van der Waals surface area contributed by atoms with Crippen LogP contribution in [0.3, 0.4) is 0 Å². The first kappa shape index (κ1) is 18.1. The van der Waals surface area contributed by atoms with Crippen LogP contribution in [-0.4, -0.2) is 20.6 Å². The van der Waals surface area contributed by atoms with Crippen molar-refractivity contribution in [2.45, 2.75) is 13.2 Å². The van der Waals surface area contributed by atoms with E-state index in [2.05, 4.69) is 4.98 Å². The Morgan fingerprint density at radius 3 is 2.57 bits per heavy atom. The van der Waals surface area contributed by atoms with Crippen LogP contribution < -0.4 is 4.74 Å². The fraction of sp³-hybridized carbons (Fsp3) is 0.0909. The van der Waals surface area contributed by atoms with E-state index >= 15 is 0 Å². The van der Waals surface area contributed by atoms with Gasteiger partial charge in [0.05, 0.1) is 11.0 Å². The van der Waals surface area contributed by atoms with Crippen LogP contribution in [0.15, 0.2) is 72.8 Å². The molecular weight excluding hydrogens is 376 g/mol. The molecule has 4 rings (SSSR count). The maximum atomic E-state index is 11.3. The van der Waals surface area contributed by atoms with Crippen molar-refractivity contribution in [3.8, 4) is 17.1 Å². The summed E-state index contributed by atoms with van der Waals surface area (Å²) >= 11 is 5.99. The molecule has 0 fully saturated rings. The molecule has 1 aromatic heterocycles. The van der Waals surface area contributed by atoms with E-state index in [1.807, 2.05) is 72.8 Å². The SMILES string of the molecule is O=C(O)Cn1c(-c2ccc(OCc3cccc(Cl)c3)cc2)nc2ccccc21. The molecule has 0 bridgehead atoms. The molecule has 1 heterocycles. The van der Waals surface area contributed by atoms with E-state index in [-0.39, 0.29) is 6.54 Å². The summed E-state index contributed by atoms with van der Waals surface area (Å²) in [4.78, 5) is 15.9. The molecule has 140 valence electrons. The number of halogens is 1. The van der Waals surface area contributed by atoms with Crippen molar-refractivity contribution in [1.82, 2.24) is 9.55 Å². The molecule has 0 atom stereocenters. The molecule has 4 aromatic rings. The van der Waals surface area contributed by atoms with Crippen LogP contribution in [-0.2, 0) is 17.9 Å². The number of carboxylic acids is 1. The highest BCUT2D eigenvalue weighted by Crippen LogP contribution is 2.27. The molecule has 28 heavy (non-hydrogen) atoms. The van der Waals surface area contributed by atoms with Crippen LogP contribution in [0.4, 0.5) is 0 Å². The number of aromatic nitrogens is 2. The van der Waals surface area contributed by atoms with Crippen molar-refractivity contribution in [2.75, 3.05) is 0 Å². The largest absolute Gasteiger partial charge is 0.489 e. The van der Waals surface area contributed by atoms with Crippen LogP contribution in [0.25, 0.3) is 22.4 Å². The third-order valence-electron chi connectivity index (χ3n) is 4.35. The van der Waals surface area contributed by atoms with Gasteiger partial charge in [-0.1, -0.05) is 35.9 Å². The molecule has 0 unspecified atom stereocenters. The molecule has 0 saturated heterocycles. The Morgan fingerprint density at radius 2 is 1.82 bits per heavy atom. The third-order valence-corrected chi connectivity index (χ3v) is 4.59. The second-order valence-electron chi connectivity index (χ2n) is 6.35. The smallest absolute Gasteiger partial charge is 0.323 e. The number of imidazole rings is 1. The van der Waals surface area contributed by atoms with Gasteiger partial charge in [0.2, 0.25) is 0 Å². The van der Waals surface area contributed by atoms with Crippen molar-refractivity contribution >= 4 is 28.6 Å². The topological polar surface area (TPSA) is 64.3 Å². The van der Waals surface area contributed by atoms with Gasteiger partial charge in [-0.2, -0.15) is 0 Å². The Hall–Kier alpha value is -3.31. The van der Waals surface area contributed by atoms with Gasteiger partial charge < -0.3 is 14.4 Å². The summed E-state index contributed by atoms with van der Waals surface area (Å²) in [5.74, 6) is 0.417. The number of rotatable bonds is 6. The van der Waals surface area contributed by atoms with Gasteiger partial charge >= 0.3 is 5.97 Å². The van der Waals surface area contributed by atoms with Gasteiger partial charge in [0.1, 0.15) is 24.7 Å². The molecule has 0 radical (unpaired) electrons. The number of carboxylic acid groups (broad SMARTS) is 1. The van der Waals surface area contributed by atoms with Crippen molar-refractivity contribution in [3.05, 3.63) is 83.4 Å². The highest BCUT2D eigenvalue weighted by Gasteiger charge is 2.14. The summed E-state index contributed by atoms with van der Waals surface area (Å²) in [6.45, 7) is 0.264. The van der Waals surface area contributed by atoms with Crippen molar-refractivity contribution in [2.24, 2.45) is 0 Å². The van der Waals surface area contributed by atoms with E-state index in [1.165, 1.54) is 0 Å². The van der Waals surface area contributed by atoms with Gasteiger partial charge in [-0.15, -0.1) is 0 Å². The van der Waals surface area contributed by atoms with E-state index < -0.39 is 5.97 Å². The fourth-order valence-corrected chi connectivity index (χ4v) is 3.30. The monoisotopic (exact) mass is 392 g/mol. The molecule has 0 aliphatic carbocycles. The van der Waals surface area contributed by atoms with Gasteiger partial charge in [0.15, 0.2) is 0 Å². The normalized spacial score (nSPS) is 10.9. The average Bonchev–Trinajstić information content (AvgIpc) is 3.05. The minimum Gasteiger partial charge on any atom is -0.489 e. The molecule has 6 heteroatoms. The van der Waals surface area contributed by atoms with Crippen molar-refractivity contribution in [3.63, 3.8) is 0 Å². The number of benzene rings is 3. The number of hydrogen-bond donors (Lipinski definition) is 1. The van der Waals surface area contributed by atoms with Gasteiger partial charge in [-0.25, -0.2) is 4.98 Å². The highest BCUT2D eigenvalue weighted by molar-refractivity contribution is 6.30. The third kappa shape index (κ3) is 3.85. The standard InChI is InChI=1S/C22H17ClN2O3/c23-17-5-3-4-15(12-17)14-28-18-10-8-16(9-11-18)22-24-19-6-1-2-7-20(19)25(22)13-21(26)27/h1-12H,13-14H2,(H,26,27). The van der Waals surface area contributed by atoms with E-state index in [9.17, 15) is 9.90 Å². The first-order chi connectivity index (χ1) is 13.6. The van der Waals surface area contributed by atoms with Crippen LogP contribution >= 0.6 is 11.6 Å². The molecule has 3 aromatic carbocycles. The van der Waals surface area contributed by atoms with Gasteiger partial charge in [-0.05, 0) is 54.1 Å². The summed E-state index contributed by atoms with van der Waals surface area (Å²) in [5, 5.41) is 9.95. The van der Waals surface area contributed by atoms with Crippen LogP contribution in [0.5, 0.6) is 5.75 Å². The quantitative estimate of drug-likeness (QED) is 0.500. The second kappa shape index (κ2) is 7.74. The minimum absolute atomic E-state index is 0.150. The first-order valence-electron chi connectivity index (χ1n) is 8.75. The molecule has 1 N–H and O–H groups in total. The Balaban J connectivity index is 1.59. The van der Waals surface area contributed by atoms with Crippen LogP contribution in [0.2, 0.25) is 5.02 Å². The maximum Gasteiger partial charge on any atom is 0.323 e. The number of nitrogens with zero attached hydrogens (tertiary/aromatic N) is 2. The van der Waals surface area contributed by atoms with Gasteiger partial charge in [0.25, 0.3) is 0 Å². The number of para-hydroxylation sites is 2. The first-order valence-corrected chi connectivity index (χ1v) is 9.13. The Bertz CT molecular complexity index is 1140. The number of aliphatic carboxylic acids is 1. The molecule has 0 amide bonds. The average molecular weight is 393 g/mol. The fourth-order valence-electron chi connectivity index (χ4n) is 3.08. The van der Waals surface area contributed by atoms with Gasteiger partial charge in [-0.3, -0.25) is 4.79 Å². The summed E-state index contributed by atoms with van der Waals surface area (Å²) < 4.78 is 7.52. The zero-order valence-corrected chi connectivity index (χ0v) is 15.6. The zero-order valence-electron chi connectivity index (χ0n) is 14.9. The second-order valence-corrected chi connectivity index (χ2v) is 6.78. The minimum atomic E-state index is -0.911. The summed E-state index contributed by atoms with van der Waals surface area (Å²) in [6, 6.07) is 22.5. The molecule has 0 spiro atoms. The molecular formula is C22H17ClN2O3. The lowest BCUT2D eigenvalue weighted by Crippen LogP contribution is -2.10. The lowest BCUT2D eigenvalue weighted by molar-refractivity contribution is -0.137. The maximum absolute atomic E-state index is 11.3. The lowest BCUT2D eigenvalue weighted by atomic mass is 10.2. The van der Waals surface area contributed by atoms with Gasteiger partial charge in [0, 0.05) is 10.6 Å². The van der Waals surface area contributed by atoms with E-state index in [4.69, 9.17) is 16.3 Å².